The Morgan fingerprint density at radius 3 is 2.74 bits per heavy atom. The van der Waals surface area contributed by atoms with Crippen molar-refractivity contribution in [3.63, 3.8) is 0 Å². The molecular weight excluding hydrogens is 366 g/mol. The molecule has 7 nitrogen and oxygen atoms in total. The Morgan fingerprint density at radius 2 is 1.96 bits per heavy atom. The summed E-state index contributed by atoms with van der Waals surface area (Å²) in [7, 11) is 1.84. The van der Waals surface area contributed by atoms with Gasteiger partial charge in [-0.25, -0.2) is 0 Å². The molecule has 1 atom stereocenters. The van der Waals surface area contributed by atoms with E-state index in [4.69, 9.17) is 20.9 Å². The van der Waals surface area contributed by atoms with Crippen LogP contribution >= 0.6 is 11.6 Å². The molecule has 0 aliphatic rings. The first-order valence-corrected chi connectivity index (χ1v) is 8.68. The first-order chi connectivity index (χ1) is 13.1. The highest BCUT2D eigenvalue weighted by Gasteiger charge is 2.19. The van der Waals surface area contributed by atoms with Crippen molar-refractivity contribution in [2.75, 3.05) is 0 Å². The third-order valence-corrected chi connectivity index (χ3v) is 4.33. The summed E-state index contributed by atoms with van der Waals surface area (Å²) >= 11 is 6.03. The smallest absolute Gasteiger partial charge is 0.317 e. The Balaban J connectivity index is 1.53. The van der Waals surface area contributed by atoms with Crippen LogP contribution in [0.1, 0.15) is 18.7 Å². The quantitative estimate of drug-likeness (QED) is 0.512. The van der Waals surface area contributed by atoms with Crippen LogP contribution in [0.25, 0.3) is 22.7 Å². The minimum atomic E-state index is -0.369. The molecule has 8 heteroatoms. The average Bonchev–Trinajstić information content (AvgIpc) is 3.31. The van der Waals surface area contributed by atoms with Gasteiger partial charge in [0.15, 0.2) is 11.6 Å². The average molecular weight is 382 g/mol. The number of pyridine rings is 1. The SMILES string of the molecule is C[C@H](Oc1nnc(-c2cccnc2)n1C)c1cc(-c2cccc(Cl)c2)on1. The molecule has 0 spiro atoms. The molecule has 4 aromatic rings. The molecule has 27 heavy (non-hydrogen) atoms. The van der Waals surface area contributed by atoms with Crippen LogP contribution in [-0.2, 0) is 7.05 Å². The van der Waals surface area contributed by atoms with E-state index in [9.17, 15) is 0 Å². The second kappa shape index (κ2) is 7.20. The zero-order valence-corrected chi connectivity index (χ0v) is 15.5. The second-order valence-corrected chi connectivity index (χ2v) is 6.43. The van der Waals surface area contributed by atoms with Crippen LogP contribution in [-0.4, -0.2) is 24.9 Å². The van der Waals surface area contributed by atoms with Gasteiger partial charge in [-0.2, -0.15) is 0 Å². The maximum atomic E-state index is 6.03. The summed E-state index contributed by atoms with van der Waals surface area (Å²) in [5.74, 6) is 1.29. The van der Waals surface area contributed by atoms with Crippen LogP contribution in [0.15, 0.2) is 59.4 Å². The number of halogens is 1. The van der Waals surface area contributed by atoms with Gasteiger partial charge in [0.2, 0.25) is 0 Å². The monoisotopic (exact) mass is 381 g/mol. The number of aromatic nitrogens is 5. The zero-order valence-electron chi connectivity index (χ0n) is 14.7. The molecule has 4 rings (SSSR count). The lowest BCUT2D eigenvalue weighted by molar-refractivity contribution is 0.190. The molecule has 3 heterocycles. The predicted octanol–water partition coefficient (Wildman–Crippen LogP) is 4.33. The maximum Gasteiger partial charge on any atom is 0.317 e. The molecule has 0 saturated heterocycles. The molecule has 0 radical (unpaired) electrons. The van der Waals surface area contributed by atoms with Crippen molar-refractivity contribution < 1.29 is 9.26 Å². The molecule has 136 valence electrons. The summed E-state index contributed by atoms with van der Waals surface area (Å²) < 4.78 is 13.1. The number of ether oxygens (including phenoxy) is 1. The minimum absolute atomic E-state index is 0.369. The van der Waals surface area contributed by atoms with E-state index >= 15 is 0 Å². The third-order valence-electron chi connectivity index (χ3n) is 4.09. The van der Waals surface area contributed by atoms with E-state index < -0.39 is 0 Å². The van der Waals surface area contributed by atoms with Crippen LogP contribution < -0.4 is 4.74 Å². The fourth-order valence-corrected chi connectivity index (χ4v) is 2.83. The van der Waals surface area contributed by atoms with E-state index in [1.807, 2.05) is 56.4 Å². The van der Waals surface area contributed by atoms with Gasteiger partial charge in [-0.05, 0) is 31.2 Å². The van der Waals surface area contributed by atoms with Gasteiger partial charge in [-0.3, -0.25) is 9.55 Å². The highest BCUT2D eigenvalue weighted by molar-refractivity contribution is 6.30. The van der Waals surface area contributed by atoms with Gasteiger partial charge in [-0.1, -0.05) is 34.0 Å². The topological polar surface area (TPSA) is 78.9 Å². The van der Waals surface area contributed by atoms with E-state index in [0.717, 1.165) is 11.1 Å². The van der Waals surface area contributed by atoms with Crippen LogP contribution in [0.4, 0.5) is 0 Å². The molecule has 0 unspecified atom stereocenters. The van der Waals surface area contributed by atoms with Gasteiger partial charge in [0.25, 0.3) is 0 Å². The Kier molecular flexibility index (Phi) is 4.60. The predicted molar refractivity (Wildman–Crippen MR) is 100 cm³/mol. The minimum Gasteiger partial charge on any atom is -0.454 e. The summed E-state index contributed by atoms with van der Waals surface area (Å²) in [5.41, 5.74) is 2.36. The lowest BCUT2D eigenvalue weighted by Gasteiger charge is -2.10. The van der Waals surface area contributed by atoms with Gasteiger partial charge in [0.1, 0.15) is 11.8 Å². The van der Waals surface area contributed by atoms with E-state index in [1.54, 1.807) is 17.0 Å². The van der Waals surface area contributed by atoms with E-state index in [2.05, 4.69) is 20.3 Å². The Bertz CT molecular complexity index is 1060. The second-order valence-electron chi connectivity index (χ2n) is 5.99. The molecule has 1 aromatic carbocycles. The number of rotatable bonds is 5. The normalized spacial score (nSPS) is 12.1. The van der Waals surface area contributed by atoms with Crippen LogP contribution in [0.5, 0.6) is 6.01 Å². The molecule has 0 N–H and O–H groups in total. The lowest BCUT2D eigenvalue weighted by atomic mass is 10.1. The Labute approximate surface area is 160 Å². The van der Waals surface area contributed by atoms with E-state index in [0.29, 0.717) is 28.3 Å². The standard InChI is InChI=1S/C19H16ClN5O2/c1-12(16-10-17(27-24-16)13-5-3-7-15(20)9-13)26-19-23-22-18(25(19)2)14-6-4-8-21-11-14/h3-12H,1-2H3/t12-/m0/s1. The molecular formula is C19H16ClN5O2. The van der Waals surface area contributed by atoms with Crippen molar-refractivity contribution in [1.82, 2.24) is 24.9 Å². The molecule has 0 amide bonds. The van der Waals surface area contributed by atoms with Crippen molar-refractivity contribution in [2.45, 2.75) is 13.0 Å². The summed E-state index contributed by atoms with van der Waals surface area (Å²) in [6.45, 7) is 1.87. The van der Waals surface area contributed by atoms with Gasteiger partial charge in [0.05, 0.1) is 0 Å². The largest absolute Gasteiger partial charge is 0.454 e. The highest BCUT2D eigenvalue weighted by Crippen LogP contribution is 2.28. The maximum absolute atomic E-state index is 6.03. The summed E-state index contributed by atoms with van der Waals surface area (Å²) in [6, 6.07) is 13.4. The molecule has 0 saturated carbocycles. The number of hydrogen-bond donors (Lipinski definition) is 0. The van der Waals surface area contributed by atoms with Crippen molar-refractivity contribution in [2.24, 2.45) is 7.05 Å². The van der Waals surface area contributed by atoms with Crippen LogP contribution in [0.2, 0.25) is 5.02 Å². The summed E-state index contributed by atoms with van der Waals surface area (Å²) in [4.78, 5) is 4.10. The Hall–Kier alpha value is -3.19. The van der Waals surface area contributed by atoms with Crippen molar-refractivity contribution in [1.29, 1.82) is 0 Å². The molecule has 0 bridgehead atoms. The van der Waals surface area contributed by atoms with E-state index in [-0.39, 0.29) is 6.10 Å². The zero-order chi connectivity index (χ0) is 18.8. The molecule has 0 fully saturated rings. The van der Waals surface area contributed by atoms with Gasteiger partial charge < -0.3 is 9.26 Å². The lowest BCUT2D eigenvalue weighted by Crippen LogP contribution is -2.07. The summed E-state index contributed by atoms with van der Waals surface area (Å²) in [6.07, 6.45) is 3.07. The van der Waals surface area contributed by atoms with Crippen molar-refractivity contribution in [3.05, 3.63) is 65.6 Å². The van der Waals surface area contributed by atoms with Gasteiger partial charge >= 0.3 is 6.01 Å². The van der Waals surface area contributed by atoms with Crippen LogP contribution in [0, 0.1) is 0 Å². The third kappa shape index (κ3) is 3.54. The van der Waals surface area contributed by atoms with Crippen molar-refractivity contribution >= 4 is 11.6 Å². The fraction of sp³-hybridized carbons (Fsp3) is 0.158. The first-order valence-electron chi connectivity index (χ1n) is 8.31. The van der Waals surface area contributed by atoms with Gasteiger partial charge in [-0.15, -0.1) is 5.10 Å². The molecule has 0 aliphatic carbocycles. The van der Waals surface area contributed by atoms with Crippen LogP contribution in [0.3, 0.4) is 0 Å². The molecule has 3 aromatic heterocycles. The van der Waals surface area contributed by atoms with Crippen molar-refractivity contribution in [3.8, 4) is 28.7 Å². The first kappa shape index (κ1) is 17.2. The Morgan fingerprint density at radius 1 is 1.11 bits per heavy atom. The number of nitrogens with zero attached hydrogens (tertiary/aromatic N) is 5. The van der Waals surface area contributed by atoms with E-state index in [1.165, 1.54) is 0 Å². The summed E-state index contributed by atoms with van der Waals surface area (Å²) in [5, 5.41) is 13.0. The fourth-order valence-electron chi connectivity index (χ4n) is 2.64. The number of hydrogen-bond acceptors (Lipinski definition) is 6. The molecule has 0 aliphatic heterocycles. The highest BCUT2D eigenvalue weighted by atomic mass is 35.5. The number of benzene rings is 1. The van der Waals surface area contributed by atoms with Gasteiger partial charge in [0, 0.05) is 41.7 Å².